The lowest BCUT2D eigenvalue weighted by atomic mass is 10.2. The predicted octanol–water partition coefficient (Wildman–Crippen LogP) is 2.03. The number of ether oxygens (including phenoxy) is 2. The maximum atomic E-state index is 12.7. The monoisotopic (exact) mass is 475 g/mol. The number of nitrogens with one attached hydrogen (secondary N) is 2. The molecule has 3 aromatic rings. The second-order valence-corrected chi connectivity index (χ2v) is 9.36. The van der Waals surface area contributed by atoms with Gasteiger partial charge < -0.3 is 19.8 Å². The van der Waals surface area contributed by atoms with Crippen LogP contribution in [0.15, 0.2) is 74.5 Å². The highest BCUT2D eigenvalue weighted by Crippen LogP contribution is 2.21. The van der Waals surface area contributed by atoms with Crippen LogP contribution in [0.4, 0.5) is 0 Å². The molecule has 32 heavy (non-hydrogen) atoms. The van der Waals surface area contributed by atoms with E-state index in [1.165, 1.54) is 31.4 Å². The molecule has 3 rings (SSSR count). The number of hydrogen-bond donors (Lipinski definition) is 2. The van der Waals surface area contributed by atoms with Crippen molar-refractivity contribution in [2.24, 2.45) is 0 Å². The molecule has 0 unspecified atom stereocenters. The van der Waals surface area contributed by atoms with E-state index in [1.54, 1.807) is 7.11 Å². The molecule has 2 aromatic carbocycles. The van der Waals surface area contributed by atoms with Crippen LogP contribution in [-0.2, 0) is 21.2 Å². The van der Waals surface area contributed by atoms with Crippen LogP contribution >= 0.6 is 11.8 Å². The van der Waals surface area contributed by atoms with Gasteiger partial charge >= 0.3 is 0 Å². The van der Waals surface area contributed by atoms with Crippen LogP contribution in [0.2, 0.25) is 0 Å². The Hall–Kier alpha value is -3.31. The van der Waals surface area contributed by atoms with Gasteiger partial charge in [-0.3, -0.25) is 9.59 Å². The molecule has 168 valence electrons. The number of carbonyl (C=O) groups is 1. The van der Waals surface area contributed by atoms with Crippen molar-refractivity contribution in [2.75, 3.05) is 20.0 Å². The number of aromatic nitrogens is 2. The molecule has 2 N–H and O–H groups in total. The molecule has 0 fully saturated rings. The molecule has 0 saturated carbocycles. The molecule has 0 radical (unpaired) electrons. The van der Waals surface area contributed by atoms with Gasteiger partial charge in [0.15, 0.2) is 10.1 Å². The highest BCUT2D eigenvalue weighted by Gasteiger charge is 2.22. The number of nitrogens with zero attached hydrogens (tertiary/aromatic N) is 1. The lowest BCUT2D eigenvalue weighted by Crippen LogP contribution is -2.25. The van der Waals surface area contributed by atoms with E-state index in [9.17, 15) is 18.0 Å². The SMILES string of the molecule is COc1ccc(S(=O)(=O)c2cnc(SCC(=O)NCc3cccc(OC)c3)[nH]c2=O)cc1. The van der Waals surface area contributed by atoms with Crippen LogP contribution < -0.4 is 20.3 Å². The van der Waals surface area contributed by atoms with Gasteiger partial charge in [0, 0.05) is 6.54 Å². The summed E-state index contributed by atoms with van der Waals surface area (Å²) in [6, 6.07) is 13.0. The molecule has 0 aliphatic carbocycles. The zero-order chi connectivity index (χ0) is 23.1. The fourth-order valence-electron chi connectivity index (χ4n) is 2.68. The number of hydrogen-bond acceptors (Lipinski definition) is 8. The van der Waals surface area contributed by atoms with Crippen molar-refractivity contribution < 1.29 is 22.7 Å². The average Bonchev–Trinajstić information content (AvgIpc) is 2.81. The highest BCUT2D eigenvalue weighted by molar-refractivity contribution is 7.99. The number of carbonyl (C=O) groups excluding carboxylic acids is 1. The molecule has 0 spiro atoms. The standard InChI is InChI=1S/C21H21N3O6S2/c1-29-15-6-8-17(9-7-15)32(27,28)18-12-23-21(24-20(18)26)31-13-19(25)22-11-14-4-3-5-16(10-14)30-2/h3-10,12H,11,13H2,1-2H3,(H,22,25)(H,23,24,26). The van der Waals surface area contributed by atoms with Crippen LogP contribution in [-0.4, -0.2) is 44.3 Å². The number of methoxy groups -OCH3 is 2. The van der Waals surface area contributed by atoms with E-state index in [4.69, 9.17) is 9.47 Å². The Kier molecular flexibility index (Phi) is 7.54. The van der Waals surface area contributed by atoms with Crippen molar-refractivity contribution in [3.63, 3.8) is 0 Å². The zero-order valence-electron chi connectivity index (χ0n) is 17.3. The first-order valence-electron chi connectivity index (χ1n) is 9.34. The van der Waals surface area contributed by atoms with Gasteiger partial charge in [-0.05, 0) is 42.0 Å². The number of benzene rings is 2. The van der Waals surface area contributed by atoms with E-state index >= 15 is 0 Å². The molecule has 0 bridgehead atoms. The maximum Gasteiger partial charge on any atom is 0.270 e. The molecule has 0 atom stereocenters. The summed E-state index contributed by atoms with van der Waals surface area (Å²) >= 11 is 0.991. The van der Waals surface area contributed by atoms with E-state index in [2.05, 4.69) is 15.3 Å². The topological polar surface area (TPSA) is 127 Å². The minimum Gasteiger partial charge on any atom is -0.497 e. The Morgan fingerprint density at radius 3 is 2.47 bits per heavy atom. The summed E-state index contributed by atoms with van der Waals surface area (Å²) in [5.41, 5.74) is 0.0671. The number of sulfone groups is 1. The summed E-state index contributed by atoms with van der Waals surface area (Å²) in [6.45, 7) is 0.319. The molecule has 1 amide bonds. The van der Waals surface area contributed by atoms with Crippen LogP contribution in [0.1, 0.15) is 5.56 Å². The number of H-pyrrole nitrogens is 1. The van der Waals surface area contributed by atoms with E-state index in [0.29, 0.717) is 18.0 Å². The minimum absolute atomic E-state index is 0.00250. The number of rotatable bonds is 9. The largest absolute Gasteiger partial charge is 0.497 e. The fourth-order valence-corrected chi connectivity index (χ4v) is 4.58. The lowest BCUT2D eigenvalue weighted by Gasteiger charge is -2.07. The van der Waals surface area contributed by atoms with Crippen LogP contribution in [0.5, 0.6) is 11.5 Å². The maximum absolute atomic E-state index is 12.7. The van der Waals surface area contributed by atoms with Gasteiger partial charge in [-0.15, -0.1) is 0 Å². The van der Waals surface area contributed by atoms with Crippen LogP contribution in [0.25, 0.3) is 0 Å². The molecular formula is C21H21N3O6S2. The summed E-state index contributed by atoms with van der Waals surface area (Å²) in [6.07, 6.45) is 0.995. The van der Waals surface area contributed by atoms with Gasteiger partial charge in [0.05, 0.1) is 31.1 Å². The van der Waals surface area contributed by atoms with Gasteiger partial charge in [-0.25, -0.2) is 13.4 Å². The first-order chi connectivity index (χ1) is 15.3. The summed E-state index contributed by atoms with van der Waals surface area (Å²) in [4.78, 5) is 30.3. The molecule has 1 heterocycles. The van der Waals surface area contributed by atoms with E-state index in [-0.39, 0.29) is 21.7 Å². The summed E-state index contributed by atoms with van der Waals surface area (Å²) in [7, 11) is -1.02. The third kappa shape index (κ3) is 5.68. The number of amides is 1. The highest BCUT2D eigenvalue weighted by atomic mass is 32.2. The van der Waals surface area contributed by atoms with E-state index < -0.39 is 20.3 Å². The van der Waals surface area contributed by atoms with Crippen molar-refractivity contribution in [1.82, 2.24) is 15.3 Å². The normalized spacial score (nSPS) is 11.1. The van der Waals surface area contributed by atoms with Crippen molar-refractivity contribution >= 4 is 27.5 Å². The number of thioether (sulfide) groups is 1. The lowest BCUT2D eigenvalue weighted by molar-refractivity contribution is -0.118. The summed E-state index contributed by atoms with van der Waals surface area (Å²) in [5.74, 6) is 0.915. The van der Waals surface area contributed by atoms with Gasteiger partial charge in [-0.1, -0.05) is 23.9 Å². The summed E-state index contributed by atoms with van der Waals surface area (Å²) < 4.78 is 35.6. The third-order valence-electron chi connectivity index (χ3n) is 4.37. The Morgan fingerprint density at radius 2 is 1.81 bits per heavy atom. The Morgan fingerprint density at radius 1 is 1.09 bits per heavy atom. The predicted molar refractivity (Wildman–Crippen MR) is 119 cm³/mol. The smallest absolute Gasteiger partial charge is 0.270 e. The van der Waals surface area contributed by atoms with Gasteiger partial charge in [0.2, 0.25) is 15.7 Å². The third-order valence-corrected chi connectivity index (χ3v) is 7.02. The quantitative estimate of drug-likeness (QED) is 0.355. The minimum atomic E-state index is -4.05. The van der Waals surface area contributed by atoms with E-state index in [0.717, 1.165) is 23.5 Å². The Balaban J connectivity index is 1.62. The first-order valence-corrected chi connectivity index (χ1v) is 11.8. The van der Waals surface area contributed by atoms with Crippen LogP contribution in [0, 0.1) is 0 Å². The molecule has 11 heteroatoms. The Labute approximate surface area is 189 Å². The first kappa shape index (κ1) is 23.4. The molecule has 0 aliphatic heterocycles. The van der Waals surface area contributed by atoms with Crippen molar-refractivity contribution in [1.29, 1.82) is 0 Å². The second-order valence-electron chi connectivity index (χ2n) is 6.48. The van der Waals surface area contributed by atoms with Gasteiger partial charge in [0.1, 0.15) is 11.5 Å². The van der Waals surface area contributed by atoms with Crippen molar-refractivity contribution in [3.8, 4) is 11.5 Å². The molecule has 1 aromatic heterocycles. The number of aromatic amines is 1. The summed E-state index contributed by atoms with van der Waals surface area (Å²) in [5, 5.41) is 2.90. The van der Waals surface area contributed by atoms with Crippen LogP contribution in [0.3, 0.4) is 0 Å². The zero-order valence-corrected chi connectivity index (χ0v) is 19.0. The second kappa shape index (κ2) is 10.3. The average molecular weight is 476 g/mol. The Bertz CT molecular complexity index is 1260. The van der Waals surface area contributed by atoms with E-state index in [1.807, 2.05) is 24.3 Å². The van der Waals surface area contributed by atoms with Gasteiger partial charge in [0.25, 0.3) is 5.56 Å². The molecular weight excluding hydrogens is 454 g/mol. The van der Waals surface area contributed by atoms with Crippen molar-refractivity contribution in [2.45, 2.75) is 21.5 Å². The van der Waals surface area contributed by atoms with Gasteiger partial charge in [-0.2, -0.15) is 0 Å². The molecule has 9 nitrogen and oxygen atoms in total. The molecule has 0 saturated heterocycles. The fraction of sp³-hybridized carbons (Fsp3) is 0.190. The van der Waals surface area contributed by atoms with Crippen molar-refractivity contribution in [3.05, 3.63) is 70.6 Å². The molecule has 0 aliphatic rings.